The van der Waals surface area contributed by atoms with E-state index in [-0.39, 0.29) is 5.92 Å². The van der Waals surface area contributed by atoms with Gasteiger partial charge in [0.25, 0.3) is 0 Å². The van der Waals surface area contributed by atoms with E-state index in [1.165, 1.54) is 6.08 Å². The van der Waals surface area contributed by atoms with Crippen molar-refractivity contribution in [1.29, 1.82) is 0 Å². The van der Waals surface area contributed by atoms with Crippen LogP contribution in [0.4, 0.5) is 4.79 Å². The number of carbonyl (C=O) groups excluding carboxylic acids is 1. The lowest BCUT2D eigenvalue weighted by atomic mass is 10.0. The standard InChI is InChI=1S/C11H19NO4/c1-6-7(2)8(9(13)14)12-10(15)16-11(3,4)5/h6-8H,1H2,2-5H3,(H,12,15)(H,13,14)/t7?,8-/m0/s1. The Morgan fingerprint density at radius 1 is 1.44 bits per heavy atom. The monoisotopic (exact) mass is 229 g/mol. The molecule has 0 heterocycles. The van der Waals surface area contributed by atoms with Crippen LogP contribution in [0, 0.1) is 5.92 Å². The van der Waals surface area contributed by atoms with Gasteiger partial charge in [-0.05, 0) is 20.8 Å². The quantitative estimate of drug-likeness (QED) is 0.720. The highest BCUT2D eigenvalue weighted by molar-refractivity contribution is 5.80. The van der Waals surface area contributed by atoms with Crippen molar-refractivity contribution < 1.29 is 19.4 Å². The van der Waals surface area contributed by atoms with Gasteiger partial charge in [-0.2, -0.15) is 0 Å². The summed E-state index contributed by atoms with van der Waals surface area (Å²) in [5, 5.41) is 11.2. The van der Waals surface area contributed by atoms with Gasteiger partial charge >= 0.3 is 12.1 Å². The topological polar surface area (TPSA) is 75.6 Å². The molecule has 2 atom stereocenters. The largest absolute Gasteiger partial charge is 0.480 e. The van der Waals surface area contributed by atoms with Crippen LogP contribution in [0.5, 0.6) is 0 Å². The van der Waals surface area contributed by atoms with Crippen molar-refractivity contribution in [3.05, 3.63) is 12.7 Å². The molecule has 2 N–H and O–H groups in total. The molecule has 0 aromatic rings. The molecular weight excluding hydrogens is 210 g/mol. The summed E-state index contributed by atoms with van der Waals surface area (Å²) in [6.45, 7) is 10.3. The summed E-state index contributed by atoms with van der Waals surface area (Å²) in [5.41, 5.74) is -0.648. The Balaban J connectivity index is 4.47. The van der Waals surface area contributed by atoms with Gasteiger partial charge < -0.3 is 15.2 Å². The van der Waals surface area contributed by atoms with Gasteiger partial charge in [-0.25, -0.2) is 9.59 Å². The molecule has 5 nitrogen and oxygen atoms in total. The first-order chi connectivity index (χ1) is 7.17. The first-order valence-corrected chi connectivity index (χ1v) is 5.02. The van der Waals surface area contributed by atoms with Crippen LogP contribution in [0.15, 0.2) is 12.7 Å². The maximum Gasteiger partial charge on any atom is 0.408 e. The lowest BCUT2D eigenvalue weighted by molar-refractivity contribution is -0.140. The molecule has 0 radical (unpaired) electrons. The van der Waals surface area contributed by atoms with Crippen molar-refractivity contribution in [1.82, 2.24) is 5.32 Å². The van der Waals surface area contributed by atoms with Crippen molar-refractivity contribution in [2.75, 3.05) is 0 Å². The maximum atomic E-state index is 11.4. The molecule has 0 aromatic heterocycles. The number of carbonyl (C=O) groups is 2. The molecule has 5 heteroatoms. The highest BCUT2D eigenvalue weighted by atomic mass is 16.6. The summed E-state index contributed by atoms with van der Waals surface area (Å²) in [6, 6.07) is -1.02. The molecule has 0 bridgehead atoms. The van der Waals surface area contributed by atoms with Crippen molar-refractivity contribution in [3.63, 3.8) is 0 Å². The van der Waals surface area contributed by atoms with Crippen molar-refractivity contribution >= 4 is 12.1 Å². The smallest absolute Gasteiger partial charge is 0.408 e. The third-order valence-corrected chi connectivity index (χ3v) is 1.84. The minimum absolute atomic E-state index is 0.370. The minimum Gasteiger partial charge on any atom is -0.480 e. The summed E-state index contributed by atoms with van der Waals surface area (Å²) in [4.78, 5) is 22.2. The first kappa shape index (κ1) is 14.5. The van der Waals surface area contributed by atoms with E-state index in [2.05, 4.69) is 11.9 Å². The Morgan fingerprint density at radius 3 is 2.25 bits per heavy atom. The van der Waals surface area contributed by atoms with Crippen LogP contribution in [-0.2, 0) is 9.53 Å². The van der Waals surface area contributed by atoms with Gasteiger partial charge in [0.05, 0.1) is 0 Å². The van der Waals surface area contributed by atoms with Gasteiger partial charge in [-0.1, -0.05) is 13.0 Å². The normalized spacial score (nSPS) is 14.8. The van der Waals surface area contributed by atoms with E-state index in [0.717, 1.165) is 0 Å². The SMILES string of the molecule is C=CC(C)[C@H](NC(=O)OC(C)(C)C)C(=O)O. The molecule has 0 rings (SSSR count). The van der Waals surface area contributed by atoms with Crippen LogP contribution in [0.25, 0.3) is 0 Å². The van der Waals surface area contributed by atoms with Crippen LogP contribution in [0.2, 0.25) is 0 Å². The molecule has 0 aliphatic carbocycles. The molecule has 16 heavy (non-hydrogen) atoms. The van der Waals surface area contributed by atoms with Crippen molar-refractivity contribution in [2.24, 2.45) is 5.92 Å². The predicted molar refractivity (Wildman–Crippen MR) is 60.2 cm³/mol. The third kappa shape index (κ3) is 5.38. The molecular formula is C11H19NO4. The Morgan fingerprint density at radius 2 is 1.94 bits per heavy atom. The number of ether oxygens (including phenoxy) is 1. The van der Waals surface area contributed by atoms with E-state index in [0.29, 0.717) is 0 Å². The maximum absolute atomic E-state index is 11.4. The number of rotatable bonds is 4. The highest BCUT2D eigenvalue weighted by Gasteiger charge is 2.27. The molecule has 1 amide bonds. The summed E-state index contributed by atoms with van der Waals surface area (Å²) < 4.78 is 4.97. The molecule has 0 aromatic carbocycles. The zero-order valence-electron chi connectivity index (χ0n) is 10.1. The van der Waals surface area contributed by atoms with Crippen molar-refractivity contribution in [3.8, 4) is 0 Å². The molecule has 92 valence electrons. The number of aliphatic carboxylic acids is 1. The zero-order valence-corrected chi connectivity index (χ0v) is 10.1. The van der Waals surface area contributed by atoms with Crippen LogP contribution < -0.4 is 5.32 Å². The van der Waals surface area contributed by atoms with Crippen LogP contribution in [0.3, 0.4) is 0 Å². The van der Waals surface area contributed by atoms with E-state index in [1.807, 2.05) is 0 Å². The van der Waals surface area contributed by atoms with Gasteiger partial charge in [0, 0.05) is 5.92 Å². The number of hydrogen-bond acceptors (Lipinski definition) is 3. The minimum atomic E-state index is -1.11. The van der Waals surface area contributed by atoms with Crippen molar-refractivity contribution in [2.45, 2.75) is 39.3 Å². The molecule has 0 saturated heterocycles. The summed E-state index contributed by atoms with van der Waals surface area (Å²) >= 11 is 0. The number of amides is 1. The molecule has 0 aliphatic rings. The number of nitrogens with one attached hydrogen (secondary N) is 1. The fourth-order valence-electron chi connectivity index (χ4n) is 0.989. The van der Waals surface area contributed by atoms with Gasteiger partial charge in [0.15, 0.2) is 0 Å². The van der Waals surface area contributed by atoms with Gasteiger partial charge in [0.2, 0.25) is 0 Å². The lowest BCUT2D eigenvalue weighted by Gasteiger charge is -2.23. The average molecular weight is 229 g/mol. The second kappa shape index (κ2) is 5.53. The predicted octanol–water partition coefficient (Wildman–Crippen LogP) is 1.79. The fourth-order valence-corrected chi connectivity index (χ4v) is 0.989. The van der Waals surface area contributed by atoms with E-state index in [1.54, 1.807) is 27.7 Å². The fraction of sp³-hybridized carbons (Fsp3) is 0.636. The van der Waals surface area contributed by atoms with E-state index < -0.39 is 23.7 Å². The van der Waals surface area contributed by atoms with Gasteiger partial charge in [0.1, 0.15) is 11.6 Å². The van der Waals surface area contributed by atoms with E-state index in [4.69, 9.17) is 9.84 Å². The molecule has 1 unspecified atom stereocenters. The third-order valence-electron chi connectivity index (χ3n) is 1.84. The molecule has 0 aliphatic heterocycles. The number of alkyl carbamates (subject to hydrolysis) is 1. The zero-order chi connectivity index (χ0) is 12.9. The Bertz CT molecular complexity index is 280. The number of carboxylic acid groups (broad SMARTS) is 1. The highest BCUT2D eigenvalue weighted by Crippen LogP contribution is 2.09. The number of hydrogen-bond donors (Lipinski definition) is 2. The van der Waals surface area contributed by atoms with E-state index in [9.17, 15) is 9.59 Å². The average Bonchev–Trinajstić information content (AvgIpc) is 2.09. The second-order valence-electron chi connectivity index (χ2n) is 4.56. The van der Waals surface area contributed by atoms with Crippen LogP contribution in [0.1, 0.15) is 27.7 Å². The Hall–Kier alpha value is -1.52. The van der Waals surface area contributed by atoms with Gasteiger partial charge in [-0.15, -0.1) is 6.58 Å². The summed E-state index contributed by atoms with van der Waals surface area (Å²) in [6.07, 6.45) is 0.726. The molecule has 0 fully saturated rings. The Kier molecular flexibility index (Phi) is 5.01. The van der Waals surface area contributed by atoms with E-state index >= 15 is 0 Å². The summed E-state index contributed by atoms with van der Waals surface area (Å²) in [5.74, 6) is -1.48. The Labute approximate surface area is 95.5 Å². The molecule has 0 spiro atoms. The van der Waals surface area contributed by atoms with Crippen LogP contribution >= 0.6 is 0 Å². The summed E-state index contributed by atoms with van der Waals surface area (Å²) in [7, 11) is 0. The number of carboxylic acids is 1. The lowest BCUT2D eigenvalue weighted by Crippen LogP contribution is -2.46. The van der Waals surface area contributed by atoms with Gasteiger partial charge in [-0.3, -0.25) is 0 Å². The first-order valence-electron chi connectivity index (χ1n) is 5.02. The molecule has 0 saturated carbocycles. The van der Waals surface area contributed by atoms with Crippen LogP contribution in [-0.4, -0.2) is 28.8 Å². The second-order valence-corrected chi connectivity index (χ2v) is 4.56.